The van der Waals surface area contributed by atoms with Crippen molar-refractivity contribution in [1.82, 2.24) is 10.4 Å². The fourth-order valence-electron chi connectivity index (χ4n) is 4.04. The summed E-state index contributed by atoms with van der Waals surface area (Å²) < 4.78 is 13.7. The number of amides is 1. The summed E-state index contributed by atoms with van der Waals surface area (Å²) in [6, 6.07) is 12.3. The van der Waals surface area contributed by atoms with Gasteiger partial charge in [-0.1, -0.05) is 19.1 Å². The molecule has 2 aliphatic rings. The number of hydroxylamine groups is 2. The van der Waals surface area contributed by atoms with Gasteiger partial charge in [0.25, 0.3) is 0 Å². The maximum Gasteiger partial charge on any atom is 0.222 e. The van der Waals surface area contributed by atoms with E-state index in [0.29, 0.717) is 6.54 Å². The molecule has 0 radical (unpaired) electrons. The van der Waals surface area contributed by atoms with Gasteiger partial charge in [-0.2, -0.15) is 11.8 Å². The lowest BCUT2D eigenvalue weighted by atomic mass is 9.88. The van der Waals surface area contributed by atoms with Crippen molar-refractivity contribution in [1.29, 1.82) is 0 Å². The van der Waals surface area contributed by atoms with Crippen molar-refractivity contribution >= 4 is 29.0 Å². The van der Waals surface area contributed by atoms with Crippen molar-refractivity contribution in [3.8, 4) is 0 Å². The van der Waals surface area contributed by atoms with Gasteiger partial charge in [-0.05, 0) is 54.1 Å². The van der Waals surface area contributed by atoms with Crippen LogP contribution in [0.4, 0.5) is 4.39 Å². The highest BCUT2D eigenvalue weighted by atomic mass is 32.2. The first-order valence-electron chi connectivity index (χ1n) is 11.1. The molecule has 33 heavy (non-hydrogen) atoms. The van der Waals surface area contributed by atoms with Crippen LogP contribution in [-0.2, 0) is 15.4 Å². The average Bonchev–Trinajstić information content (AvgIpc) is 2.93. The lowest BCUT2D eigenvalue weighted by Crippen LogP contribution is -2.28. The van der Waals surface area contributed by atoms with E-state index in [1.54, 1.807) is 23.5 Å². The van der Waals surface area contributed by atoms with Crippen molar-refractivity contribution in [2.45, 2.75) is 32.1 Å². The summed E-state index contributed by atoms with van der Waals surface area (Å²) >= 11 is 1.87. The fraction of sp³-hybridized carbons (Fsp3) is 0.308. The Balaban J connectivity index is 1.90. The van der Waals surface area contributed by atoms with Crippen molar-refractivity contribution in [3.05, 3.63) is 88.6 Å². The number of carbonyl (C=O) groups excluding carboxylic acids is 1. The zero-order valence-electron chi connectivity index (χ0n) is 19.1. The zero-order valence-corrected chi connectivity index (χ0v) is 19.9. The number of rotatable bonds is 7. The number of thioether (sulfide) groups is 1. The van der Waals surface area contributed by atoms with Crippen LogP contribution >= 0.6 is 11.8 Å². The van der Waals surface area contributed by atoms with Crippen LogP contribution in [-0.4, -0.2) is 42.1 Å². The highest BCUT2D eigenvalue weighted by Crippen LogP contribution is 2.38. The van der Waals surface area contributed by atoms with Crippen molar-refractivity contribution < 1.29 is 14.0 Å². The van der Waals surface area contributed by atoms with Gasteiger partial charge in [0, 0.05) is 47.8 Å². The van der Waals surface area contributed by atoms with Crippen LogP contribution in [0.3, 0.4) is 0 Å². The van der Waals surface area contributed by atoms with E-state index in [2.05, 4.69) is 30.4 Å². The summed E-state index contributed by atoms with van der Waals surface area (Å²) in [5.41, 5.74) is 6.60. The van der Waals surface area contributed by atoms with E-state index < -0.39 is 6.04 Å². The molecule has 1 amide bonds. The summed E-state index contributed by atoms with van der Waals surface area (Å²) in [7, 11) is 1.84. The van der Waals surface area contributed by atoms with Crippen LogP contribution in [0.5, 0.6) is 0 Å². The molecule has 0 bridgehead atoms. The lowest BCUT2D eigenvalue weighted by molar-refractivity contribution is -0.121. The molecule has 0 aromatic heterocycles. The van der Waals surface area contributed by atoms with Crippen LogP contribution in [0.2, 0.25) is 0 Å². The van der Waals surface area contributed by atoms with Crippen molar-refractivity contribution in [2.24, 2.45) is 4.99 Å². The molecule has 0 aliphatic carbocycles. The third-order valence-corrected chi connectivity index (χ3v) is 6.53. The Hall–Kier alpha value is -3.06. The van der Waals surface area contributed by atoms with Crippen molar-refractivity contribution in [2.75, 3.05) is 19.3 Å². The SMILES string of the molecule is CCNC(=O)C[C@@H]1N=C(c2ccc(F)cc2)c2ccc(CSCC)cc2C2=CN(C)OC=C21. The Labute approximate surface area is 198 Å². The Morgan fingerprint density at radius 3 is 2.70 bits per heavy atom. The summed E-state index contributed by atoms with van der Waals surface area (Å²) in [5, 5.41) is 4.53. The standard InChI is InChI=1S/C26H28FN3O2S/c1-4-28-25(31)13-24-23-15-32-30(3)14-22(23)21-12-17(16-33-5-2)6-11-20(21)26(29-24)18-7-9-19(27)10-8-18/h6-12,14-15,24H,4-5,13,16H2,1-3H3,(H,28,31)/t24-/m0/s1. The second kappa shape index (κ2) is 10.3. The Bertz CT molecular complexity index is 1120. The minimum Gasteiger partial charge on any atom is -0.388 e. The minimum atomic E-state index is -0.433. The third kappa shape index (κ3) is 5.14. The molecule has 0 saturated heterocycles. The van der Waals surface area contributed by atoms with E-state index in [9.17, 15) is 9.18 Å². The van der Waals surface area contributed by atoms with Gasteiger partial charge >= 0.3 is 0 Å². The highest BCUT2D eigenvalue weighted by molar-refractivity contribution is 7.98. The number of hydrogen-bond donors (Lipinski definition) is 1. The first-order valence-corrected chi connectivity index (χ1v) is 12.3. The second-order valence-corrected chi connectivity index (χ2v) is 9.22. The number of fused-ring (bicyclic) bond motifs is 3. The molecule has 5 nitrogen and oxygen atoms in total. The van der Waals surface area contributed by atoms with E-state index in [0.717, 1.165) is 45.1 Å². The number of nitrogens with zero attached hydrogens (tertiary/aromatic N) is 2. The number of nitrogens with one attached hydrogen (secondary N) is 1. The molecular weight excluding hydrogens is 437 g/mol. The maximum atomic E-state index is 13.7. The van der Waals surface area contributed by atoms with Gasteiger partial charge < -0.3 is 10.2 Å². The summed E-state index contributed by atoms with van der Waals surface area (Å²) in [6.07, 6.45) is 3.83. The molecule has 0 spiro atoms. The van der Waals surface area contributed by atoms with Gasteiger partial charge in [0.05, 0.1) is 18.2 Å². The topological polar surface area (TPSA) is 53.9 Å². The fourth-order valence-corrected chi connectivity index (χ4v) is 4.66. The number of carbonyl (C=O) groups is 1. The lowest BCUT2D eigenvalue weighted by Gasteiger charge is -2.25. The average molecular weight is 466 g/mol. The van der Waals surface area contributed by atoms with Gasteiger partial charge in [0.1, 0.15) is 12.1 Å². The Morgan fingerprint density at radius 1 is 1.18 bits per heavy atom. The van der Waals surface area contributed by atoms with Gasteiger partial charge in [0.2, 0.25) is 5.91 Å². The van der Waals surface area contributed by atoms with Crippen LogP contribution in [0.15, 0.2) is 65.5 Å². The number of aliphatic imine (C=N–C) groups is 1. The van der Waals surface area contributed by atoms with Crippen LogP contribution < -0.4 is 5.32 Å². The molecule has 1 N–H and O–H groups in total. The van der Waals surface area contributed by atoms with E-state index in [4.69, 9.17) is 9.83 Å². The predicted octanol–water partition coefficient (Wildman–Crippen LogP) is 4.93. The number of benzene rings is 2. The van der Waals surface area contributed by atoms with Crippen LogP contribution in [0.25, 0.3) is 5.57 Å². The second-order valence-electron chi connectivity index (χ2n) is 7.94. The molecule has 0 fully saturated rings. The zero-order chi connectivity index (χ0) is 23.4. The molecule has 1 atom stereocenters. The molecule has 7 heteroatoms. The number of halogens is 1. The Kier molecular flexibility index (Phi) is 7.18. The molecule has 4 rings (SSSR count). The summed E-state index contributed by atoms with van der Waals surface area (Å²) in [5.74, 6) is 1.58. The van der Waals surface area contributed by atoms with Crippen molar-refractivity contribution in [3.63, 3.8) is 0 Å². The molecule has 2 aromatic rings. The van der Waals surface area contributed by atoms with Crippen LogP contribution in [0, 0.1) is 5.82 Å². The minimum absolute atomic E-state index is 0.0742. The summed E-state index contributed by atoms with van der Waals surface area (Å²) in [6.45, 7) is 4.60. The largest absolute Gasteiger partial charge is 0.388 e. The first-order chi connectivity index (χ1) is 16.0. The van der Waals surface area contributed by atoms with Crippen LogP contribution in [0.1, 0.15) is 42.5 Å². The molecule has 0 unspecified atom stereocenters. The molecule has 2 heterocycles. The smallest absolute Gasteiger partial charge is 0.222 e. The van der Waals surface area contributed by atoms with E-state index >= 15 is 0 Å². The molecule has 0 saturated carbocycles. The summed E-state index contributed by atoms with van der Waals surface area (Å²) in [4.78, 5) is 23.3. The highest BCUT2D eigenvalue weighted by Gasteiger charge is 2.31. The molecular formula is C26H28FN3O2S. The predicted molar refractivity (Wildman–Crippen MR) is 132 cm³/mol. The molecule has 2 aliphatic heterocycles. The number of hydrogen-bond acceptors (Lipinski definition) is 5. The maximum absolute atomic E-state index is 13.7. The quantitative estimate of drug-likeness (QED) is 0.630. The molecule has 2 aromatic carbocycles. The monoisotopic (exact) mass is 465 g/mol. The first kappa shape index (κ1) is 23.1. The van der Waals surface area contributed by atoms with E-state index in [1.165, 1.54) is 17.7 Å². The van der Waals surface area contributed by atoms with E-state index in [1.807, 2.05) is 31.9 Å². The third-order valence-electron chi connectivity index (χ3n) is 5.58. The van der Waals surface area contributed by atoms with E-state index in [-0.39, 0.29) is 18.1 Å². The normalized spacial score (nSPS) is 17.0. The van der Waals surface area contributed by atoms with Gasteiger partial charge in [-0.15, -0.1) is 0 Å². The molecule has 172 valence electrons. The van der Waals surface area contributed by atoms with Gasteiger partial charge in [0.15, 0.2) is 0 Å². The van der Waals surface area contributed by atoms with Gasteiger partial charge in [-0.3, -0.25) is 9.79 Å². The van der Waals surface area contributed by atoms with Gasteiger partial charge in [-0.25, -0.2) is 9.45 Å². The Morgan fingerprint density at radius 2 is 1.97 bits per heavy atom.